The molecule has 0 unspecified atom stereocenters. The smallest absolute Gasteiger partial charge is 0.550 e. The second kappa shape index (κ2) is 52.1. The van der Waals surface area contributed by atoms with Crippen LogP contribution in [0.15, 0.2) is 0 Å². The summed E-state index contributed by atoms with van der Waals surface area (Å²) in [7, 11) is 0. The summed E-state index contributed by atoms with van der Waals surface area (Å²) in [6.07, 6.45) is 45.0. The van der Waals surface area contributed by atoms with Crippen LogP contribution in [0.2, 0.25) is 0 Å². The maximum Gasteiger partial charge on any atom is 2.00 e. The summed E-state index contributed by atoms with van der Waals surface area (Å²) < 4.78 is 0. The monoisotopic (exact) mass is 805 g/mol. The SMILES string of the molecule is CCCCCCCCCCN(CCCCCCCCCC)CCCC(=O)[O-].CCCCCCCCCCN(CCCCCCCCCC)CCCC(=O)[O-].[Ca+2]. The number of carboxylic acid groups (broad SMARTS) is 2. The van der Waals surface area contributed by atoms with Crippen molar-refractivity contribution in [1.82, 2.24) is 9.80 Å². The zero-order valence-electron chi connectivity index (χ0n) is 37.9. The van der Waals surface area contributed by atoms with Crippen LogP contribution in [-0.4, -0.2) is 98.7 Å². The van der Waals surface area contributed by atoms with Gasteiger partial charge in [-0.1, -0.05) is 207 Å². The second-order valence-electron chi connectivity index (χ2n) is 16.5. The molecule has 6 nitrogen and oxygen atoms in total. The van der Waals surface area contributed by atoms with E-state index in [2.05, 4.69) is 37.5 Å². The molecule has 0 rings (SSSR count). The molecule has 0 aliphatic heterocycles. The minimum atomic E-state index is -0.908. The Morgan fingerprint density at radius 3 is 0.636 bits per heavy atom. The van der Waals surface area contributed by atoms with E-state index in [0.29, 0.717) is 0 Å². The van der Waals surface area contributed by atoms with E-state index in [1.54, 1.807) is 0 Å². The van der Waals surface area contributed by atoms with Crippen LogP contribution < -0.4 is 10.2 Å². The molecule has 0 aliphatic carbocycles. The molecule has 0 aliphatic rings. The van der Waals surface area contributed by atoms with Crippen LogP contribution in [0.5, 0.6) is 0 Å². The Balaban J connectivity index is -0.000000966. The number of unbranched alkanes of at least 4 members (excludes halogenated alkanes) is 28. The third-order valence-electron chi connectivity index (χ3n) is 11.0. The maximum absolute atomic E-state index is 10.7. The van der Waals surface area contributed by atoms with E-state index < -0.39 is 11.9 Å². The van der Waals surface area contributed by atoms with Crippen molar-refractivity contribution >= 4 is 49.7 Å². The summed E-state index contributed by atoms with van der Waals surface area (Å²) in [5, 5.41) is 21.3. The maximum atomic E-state index is 10.7. The summed E-state index contributed by atoms with van der Waals surface area (Å²) in [6, 6.07) is 0. The van der Waals surface area contributed by atoms with Crippen molar-refractivity contribution in [2.75, 3.05) is 39.3 Å². The molecule has 0 fully saturated rings. The molecule has 0 aromatic carbocycles. The van der Waals surface area contributed by atoms with Gasteiger partial charge < -0.3 is 29.6 Å². The zero-order valence-corrected chi connectivity index (χ0v) is 40.1. The number of rotatable bonds is 44. The van der Waals surface area contributed by atoms with Crippen LogP contribution in [0, 0.1) is 0 Å². The first-order valence-corrected chi connectivity index (χ1v) is 24.2. The molecule has 55 heavy (non-hydrogen) atoms. The fraction of sp³-hybridized carbons (Fsp3) is 0.958. The number of aliphatic carboxylic acids is 2. The predicted octanol–water partition coefficient (Wildman–Crippen LogP) is 11.8. The van der Waals surface area contributed by atoms with Gasteiger partial charge in [-0.25, -0.2) is 0 Å². The number of carboxylic acids is 2. The van der Waals surface area contributed by atoms with Crippen molar-refractivity contribution in [3.63, 3.8) is 0 Å². The normalized spacial score (nSPS) is 11.2. The molecule has 0 N–H and O–H groups in total. The van der Waals surface area contributed by atoms with E-state index in [1.165, 1.54) is 205 Å². The van der Waals surface area contributed by atoms with Gasteiger partial charge in [-0.3, -0.25) is 0 Å². The third kappa shape index (κ3) is 54.1. The van der Waals surface area contributed by atoms with Crippen LogP contribution in [-0.2, 0) is 9.59 Å². The van der Waals surface area contributed by atoms with Crippen molar-refractivity contribution in [3.8, 4) is 0 Å². The molecule has 324 valence electrons. The van der Waals surface area contributed by atoms with E-state index in [0.717, 1.165) is 52.1 Å². The Bertz CT molecular complexity index is 641. The van der Waals surface area contributed by atoms with E-state index >= 15 is 0 Å². The fourth-order valence-electron chi connectivity index (χ4n) is 7.44. The first-order chi connectivity index (χ1) is 26.4. The van der Waals surface area contributed by atoms with Crippen molar-refractivity contribution in [2.45, 2.75) is 259 Å². The number of carbonyl (C=O) groups excluding carboxylic acids is 2. The Morgan fingerprint density at radius 2 is 0.455 bits per heavy atom. The van der Waals surface area contributed by atoms with Gasteiger partial charge in [0.15, 0.2) is 0 Å². The third-order valence-corrected chi connectivity index (χ3v) is 11.0. The van der Waals surface area contributed by atoms with E-state index in [1.807, 2.05) is 0 Å². The molecular weight excluding hydrogens is 709 g/mol. The summed E-state index contributed by atoms with van der Waals surface area (Å²) in [5.41, 5.74) is 0. The molecule has 0 saturated carbocycles. The summed E-state index contributed by atoms with van der Waals surface area (Å²) >= 11 is 0. The van der Waals surface area contributed by atoms with Crippen molar-refractivity contribution < 1.29 is 19.8 Å². The topological polar surface area (TPSA) is 86.7 Å². The van der Waals surface area contributed by atoms with Gasteiger partial charge in [0.2, 0.25) is 0 Å². The largest absolute Gasteiger partial charge is 2.00 e. The number of carbonyl (C=O) groups is 2. The van der Waals surface area contributed by atoms with Gasteiger partial charge in [0.05, 0.1) is 0 Å². The Labute approximate surface area is 374 Å². The van der Waals surface area contributed by atoms with Crippen LogP contribution in [0.3, 0.4) is 0 Å². The van der Waals surface area contributed by atoms with Gasteiger partial charge in [0.1, 0.15) is 0 Å². The predicted molar refractivity (Wildman–Crippen MR) is 238 cm³/mol. The average Bonchev–Trinajstić information content (AvgIpc) is 3.15. The molecule has 0 amide bonds. The van der Waals surface area contributed by atoms with Gasteiger partial charge in [-0.2, -0.15) is 0 Å². The number of nitrogens with zero attached hydrogens (tertiary/aromatic N) is 2. The second-order valence-corrected chi connectivity index (χ2v) is 16.5. The molecule has 0 radical (unpaired) electrons. The summed E-state index contributed by atoms with van der Waals surface area (Å²) in [4.78, 5) is 26.3. The van der Waals surface area contributed by atoms with Crippen molar-refractivity contribution in [1.29, 1.82) is 0 Å². The van der Waals surface area contributed by atoms with Gasteiger partial charge >= 0.3 is 37.7 Å². The molecule has 0 spiro atoms. The van der Waals surface area contributed by atoms with E-state index in [-0.39, 0.29) is 50.6 Å². The van der Waals surface area contributed by atoms with Gasteiger partial charge in [-0.15, -0.1) is 0 Å². The molecule has 0 atom stereocenters. The van der Waals surface area contributed by atoms with Crippen LogP contribution in [0.1, 0.15) is 259 Å². The number of hydrogen-bond acceptors (Lipinski definition) is 6. The zero-order chi connectivity index (χ0) is 40.0. The van der Waals surface area contributed by atoms with Crippen LogP contribution in [0.25, 0.3) is 0 Å². The summed E-state index contributed by atoms with van der Waals surface area (Å²) in [5.74, 6) is -1.82. The molecule has 0 bridgehead atoms. The molecule has 0 aromatic rings. The van der Waals surface area contributed by atoms with Crippen molar-refractivity contribution in [2.24, 2.45) is 0 Å². The Morgan fingerprint density at radius 1 is 0.291 bits per heavy atom. The number of hydrogen-bond donors (Lipinski definition) is 0. The minimum Gasteiger partial charge on any atom is -0.550 e. The molecule has 0 heterocycles. The van der Waals surface area contributed by atoms with Gasteiger partial charge in [-0.05, 0) is 90.6 Å². The summed E-state index contributed by atoms with van der Waals surface area (Å²) in [6.45, 7) is 15.4. The van der Waals surface area contributed by atoms with Gasteiger partial charge in [0, 0.05) is 11.9 Å². The molecule has 7 heteroatoms. The van der Waals surface area contributed by atoms with Crippen LogP contribution >= 0.6 is 0 Å². The Hall–Kier alpha value is 0.120. The molecule has 0 aromatic heterocycles. The quantitative estimate of drug-likeness (QED) is 0.0450. The standard InChI is InChI=1S/2C24H49NO2.Ca/c2*1-3-5-7-9-11-13-15-17-21-25(23-19-20-24(26)27)22-18-16-14-12-10-8-6-4-2;/h2*3-23H2,1-2H3,(H,26,27);/q;;+2/p-2. The molecule has 0 saturated heterocycles. The average molecular weight is 805 g/mol. The van der Waals surface area contributed by atoms with E-state index in [9.17, 15) is 19.8 Å². The first kappa shape index (κ1) is 59.4. The molecular formula is C48H96CaN2O4. The first-order valence-electron chi connectivity index (χ1n) is 24.2. The van der Waals surface area contributed by atoms with Gasteiger partial charge in [0.25, 0.3) is 0 Å². The minimum absolute atomic E-state index is 0. The fourth-order valence-corrected chi connectivity index (χ4v) is 7.44. The van der Waals surface area contributed by atoms with Crippen molar-refractivity contribution in [3.05, 3.63) is 0 Å². The van der Waals surface area contributed by atoms with Crippen LogP contribution in [0.4, 0.5) is 0 Å². The Kier molecular flexibility index (Phi) is 56.3. The van der Waals surface area contributed by atoms with E-state index in [4.69, 9.17) is 0 Å².